The summed E-state index contributed by atoms with van der Waals surface area (Å²) < 4.78 is 32.7. The molecule has 0 aromatic heterocycles. The van der Waals surface area contributed by atoms with E-state index in [0.717, 1.165) is 78.0 Å². The van der Waals surface area contributed by atoms with Crippen LogP contribution in [0.25, 0.3) is 0 Å². The molecule has 0 bridgehead atoms. The number of hydrogen-bond acceptors (Lipinski definition) is 11. The topological polar surface area (TPSA) is 129 Å². The average Bonchev–Trinajstić information content (AvgIpc) is 3.31. The van der Waals surface area contributed by atoms with Gasteiger partial charge < -0.3 is 43.6 Å². The Morgan fingerprint density at radius 2 is 1.79 bits per heavy atom. The molecule has 1 saturated heterocycles. The van der Waals surface area contributed by atoms with Crippen LogP contribution < -0.4 is 14.2 Å². The molecule has 2 aliphatic carbocycles. The van der Waals surface area contributed by atoms with Crippen molar-refractivity contribution in [3.05, 3.63) is 102 Å². The summed E-state index contributed by atoms with van der Waals surface area (Å²) in [6.07, 6.45) is 14.4. The molecule has 0 radical (unpaired) electrons. The van der Waals surface area contributed by atoms with Gasteiger partial charge in [-0.25, -0.2) is 0 Å². The minimum Gasteiger partial charge on any atom is -0.497 e. The number of unbranched alkanes of at least 4 members (excludes halogenated alkanes) is 2. The molecule has 2 fully saturated rings. The molecule has 4 aliphatic rings. The number of thioether (sulfide) groups is 1. The Hall–Kier alpha value is -4.33. The molecule has 2 heterocycles. The number of methoxy groups -OCH3 is 1. The highest BCUT2D eigenvalue weighted by Crippen LogP contribution is 2.62. The number of aliphatic hydroxyl groups is 2. The van der Waals surface area contributed by atoms with Crippen molar-refractivity contribution in [1.82, 2.24) is 4.90 Å². The lowest BCUT2D eigenvalue weighted by atomic mass is 9.55. The summed E-state index contributed by atoms with van der Waals surface area (Å²) >= 11 is 1.68. The summed E-state index contributed by atoms with van der Waals surface area (Å²) in [5.41, 5.74) is 3.60. The van der Waals surface area contributed by atoms with Crippen LogP contribution in [0.5, 0.6) is 23.0 Å². The van der Waals surface area contributed by atoms with Gasteiger partial charge in [-0.05, 0) is 129 Å². The van der Waals surface area contributed by atoms with Crippen LogP contribution in [0.3, 0.4) is 0 Å². The van der Waals surface area contributed by atoms with Gasteiger partial charge >= 0.3 is 0 Å². The predicted octanol–water partition coefficient (Wildman–Crippen LogP) is 9.85. The van der Waals surface area contributed by atoms with Crippen LogP contribution in [-0.4, -0.2) is 91.2 Å². The van der Waals surface area contributed by atoms with E-state index in [1.807, 2.05) is 53.4 Å². The fourth-order valence-corrected chi connectivity index (χ4v) is 10.6. The Kier molecular flexibility index (Phi) is 16.7. The Bertz CT molecular complexity index is 2030. The van der Waals surface area contributed by atoms with Gasteiger partial charge in [0.1, 0.15) is 29.0 Å². The third-order valence-corrected chi connectivity index (χ3v) is 13.8. The molecule has 3 aromatic rings. The van der Waals surface area contributed by atoms with E-state index in [1.165, 1.54) is 0 Å². The molecule has 7 rings (SSSR count). The second-order valence-corrected chi connectivity index (χ2v) is 17.9. The van der Waals surface area contributed by atoms with Crippen molar-refractivity contribution >= 4 is 23.4 Å². The Morgan fingerprint density at radius 1 is 1.00 bits per heavy atom. The number of allylic oxidation sites excluding steroid dienone is 1. The summed E-state index contributed by atoms with van der Waals surface area (Å²) in [5, 5.41) is 25.0. The maximum Gasteiger partial charge on any atom is 0.239 e. The van der Waals surface area contributed by atoms with Gasteiger partial charge in [-0.1, -0.05) is 49.2 Å². The highest BCUT2D eigenvalue weighted by molar-refractivity contribution is 7.98. The first-order chi connectivity index (χ1) is 30.9. The van der Waals surface area contributed by atoms with Gasteiger partial charge in [0.15, 0.2) is 0 Å². The van der Waals surface area contributed by atoms with Crippen LogP contribution in [0.1, 0.15) is 94.6 Å². The van der Waals surface area contributed by atoms with Crippen molar-refractivity contribution in [2.24, 2.45) is 22.9 Å². The lowest BCUT2D eigenvalue weighted by molar-refractivity contribution is -0.257. The third kappa shape index (κ3) is 10.8. The van der Waals surface area contributed by atoms with Gasteiger partial charge in [0.2, 0.25) is 18.0 Å². The largest absolute Gasteiger partial charge is 0.497 e. The number of nitrogens with zero attached hydrogens (tertiary/aromatic N) is 2. The Labute approximate surface area is 377 Å². The normalized spacial score (nSPS) is 25.5. The summed E-state index contributed by atoms with van der Waals surface area (Å²) in [7, 11) is 1.63. The fourth-order valence-electron chi connectivity index (χ4n) is 10.2. The number of oxime groups is 1. The van der Waals surface area contributed by atoms with Gasteiger partial charge in [0.05, 0.1) is 38.4 Å². The second kappa shape index (κ2) is 22.5. The number of benzene rings is 3. The maximum absolute atomic E-state index is 15.0. The van der Waals surface area contributed by atoms with Crippen LogP contribution >= 0.6 is 11.8 Å². The van der Waals surface area contributed by atoms with Crippen molar-refractivity contribution in [3.63, 3.8) is 0 Å². The predicted molar refractivity (Wildman–Crippen MR) is 247 cm³/mol. The number of aliphatic hydroxyl groups excluding tert-OH is 2. The van der Waals surface area contributed by atoms with Gasteiger partial charge in [-0.2, -0.15) is 0 Å². The number of ether oxygens (including phenoxy) is 5. The molecule has 63 heavy (non-hydrogen) atoms. The van der Waals surface area contributed by atoms with Crippen molar-refractivity contribution in [2.45, 2.75) is 113 Å². The van der Waals surface area contributed by atoms with Gasteiger partial charge in [-0.15, -0.1) is 18.3 Å². The highest BCUT2D eigenvalue weighted by atomic mass is 32.2. The average molecular weight is 883 g/mol. The van der Waals surface area contributed by atoms with E-state index in [9.17, 15) is 15.0 Å². The molecule has 1 amide bonds. The number of carbonyl (C=O) groups excluding carboxylic acids is 1. The van der Waals surface area contributed by atoms with E-state index in [2.05, 4.69) is 44.0 Å². The van der Waals surface area contributed by atoms with Crippen LogP contribution in [0, 0.1) is 17.8 Å². The van der Waals surface area contributed by atoms with Crippen LogP contribution in [0.2, 0.25) is 0 Å². The molecule has 7 atom stereocenters. The number of fused-ring (bicyclic) bond motifs is 2. The van der Waals surface area contributed by atoms with Crippen LogP contribution in [-0.2, 0) is 25.5 Å². The van der Waals surface area contributed by atoms with Crippen molar-refractivity contribution in [3.8, 4) is 23.0 Å². The second-order valence-electron chi connectivity index (χ2n) is 17.1. The summed E-state index contributed by atoms with van der Waals surface area (Å²) in [6.45, 7) is 7.66. The zero-order valence-corrected chi connectivity index (χ0v) is 38.1. The highest BCUT2D eigenvalue weighted by Gasteiger charge is 2.65. The lowest BCUT2D eigenvalue weighted by Gasteiger charge is -2.60. The van der Waals surface area contributed by atoms with Crippen molar-refractivity contribution in [1.29, 1.82) is 0 Å². The van der Waals surface area contributed by atoms with Crippen molar-refractivity contribution < 1.29 is 43.5 Å². The van der Waals surface area contributed by atoms with E-state index >= 15 is 0 Å². The van der Waals surface area contributed by atoms with E-state index < -0.39 is 24.0 Å². The molecule has 2 aliphatic heterocycles. The standard InChI is InChI=1S/C51H66N2O9S/c1-5-25-53(47(56)31-35-14-13-16-38(30-35)57-3)46-34-44(52-62-48-18-9-12-29-58-48)42-32-36(15-7-10-26-54)41(17-8-11-27-55)49-43-33-39(60-37-19-22-40(63-4)23-20-37)21-24-45(43)61-51(46,50(42)49)59-28-6-2/h6,13-14,16,19-24,30,32-33,36,41,46,48-50,54-55H,2,5,7-12,15,17-18,25-29,31,34H2,1,3-4H3/t36-,41+,46-,48?,49+,50+,51+/m0/s1. The molecule has 2 N–H and O–H groups in total. The van der Waals surface area contributed by atoms with Gasteiger partial charge in [0.25, 0.3) is 0 Å². The monoisotopic (exact) mass is 882 g/mol. The van der Waals surface area contributed by atoms with Gasteiger partial charge in [0, 0.05) is 49.0 Å². The number of hydrogen-bond donors (Lipinski definition) is 2. The minimum absolute atomic E-state index is 0.0561. The number of amides is 1. The van der Waals surface area contributed by atoms with Crippen molar-refractivity contribution in [2.75, 3.05) is 46.3 Å². The number of rotatable bonds is 22. The first kappa shape index (κ1) is 46.7. The summed E-state index contributed by atoms with van der Waals surface area (Å²) in [5.74, 6) is 0.988. The zero-order valence-electron chi connectivity index (χ0n) is 37.3. The van der Waals surface area contributed by atoms with Crippen LogP contribution in [0.15, 0.2) is 101 Å². The van der Waals surface area contributed by atoms with E-state index in [4.69, 9.17) is 33.7 Å². The molecule has 1 unspecified atom stereocenters. The molecular weight excluding hydrogens is 817 g/mol. The first-order valence-corrected chi connectivity index (χ1v) is 24.2. The Balaban J connectivity index is 1.42. The first-order valence-electron chi connectivity index (χ1n) is 23.0. The number of carbonyl (C=O) groups is 1. The molecule has 3 aromatic carbocycles. The maximum atomic E-state index is 15.0. The molecule has 11 nitrogen and oxygen atoms in total. The zero-order chi connectivity index (χ0) is 44.2. The summed E-state index contributed by atoms with van der Waals surface area (Å²) in [6, 6.07) is 21.2. The molecule has 0 spiro atoms. The van der Waals surface area contributed by atoms with Gasteiger partial charge in [-0.3, -0.25) is 4.79 Å². The minimum atomic E-state index is -1.35. The molecule has 12 heteroatoms. The SMILES string of the molecule is C=CCO[C@@]12Oc3ccc(Oc4ccc(SC)cc4)cc3[C@H]3[C@H](CCCCO)[C@@H](CCCCO)C=C(C(=NOC4CCCCO4)C[C@@H]1N(CCC)C(=O)Cc1cccc(OC)c1)[C@H]32. The Morgan fingerprint density at radius 3 is 2.51 bits per heavy atom. The molecular formula is C51H66N2O9S. The third-order valence-electron chi connectivity index (χ3n) is 13.0. The lowest BCUT2D eigenvalue weighted by Crippen LogP contribution is -2.70. The quantitative estimate of drug-likeness (QED) is 0.0436. The van der Waals surface area contributed by atoms with E-state index in [-0.39, 0.29) is 49.9 Å². The molecule has 340 valence electrons. The van der Waals surface area contributed by atoms with Crippen LogP contribution in [0.4, 0.5) is 0 Å². The van der Waals surface area contributed by atoms with E-state index in [1.54, 1.807) is 24.9 Å². The smallest absolute Gasteiger partial charge is 0.239 e. The van der Waals surface area contributed by atoms with E-state index in [0.29, 0.717) is 56.1 Å². The fraction of sp³-hybridized carbons (Fsp3) is 0.529. The molecule has 1 saturated carbocycles. The summed E-state index contributed by atoms with van der Waals surface area (Å²) in [4.78, 5) is 24.4.